The van der Waals surface area contributed by atoms with Gasteiger partial charge in [0.05, 0.1) is 6.61 Å². The van der Waals surface area contributed by atoms with Crippen LogP contribution in [0.4, 0.5) is 4.79 Å². The molecule has 0 N–H and O–H groups in total. The number of rotatable bonds is 4. The molecule has 6 nitrogen and oxygen atoms in total. The summed E-state index contributed by atoms with van der Waals surface area (Å²) >= 11 is 0. The third-order valence-electron chi connectivity index (χ3n) is 4.72. The third-order valence-corrected chi connectivity index (χ3v) is 4.72. The minimum Gasteiger partial charge on any atom is -0.383 e. The zero-order chi connectivity index (χ0) is 15.4. The highest BCUT2D eigenvalue weighted by Crippen LogP contribution is 2.27. The lowest BCUT2D eigenvalue weighted by molar-refractivity contribution is 0.144. The van der Waals surface area contributed by atoms with Gasteiger partial charge in [-0.1, -0.05) is 0 Å². The number of urea groups is 1. The van der Waals surface area contributed by atoms with Gasteiger partial charge in [-0.2, -0.15) is 0 Å². The van der Waals surface area contributed by atoms with Crippen LogP contribution in [0, 0.1) is 0 Å². The minimum absolute atomic E-state index is 0.220. The van der Waals surface area contributed by atoms with E-state index in [1.54, 1.807) is 7.11 Å². The smallest absolute Gasteiger partial charge is 0.320 e. The summed E-state index contributed by atoms with van der Waals surface area (Å²) in [5.74, 6) is 1.43. The van der Waals surface area contributed by atoms with E-state index in [2.05, 4.69) is 9.55 Å². The van der Waals surface area contributed by atoms with Crippen molar-refractivity contribution in [2.24, 2.45) is 0 Å². The van der Waals surface area contributed by atoms with Crippen LogP contribution in [-0.2, 0) is 11.3 Å². The Bertz CT molecular complexity index is 496. The molecule has 122 valence electrons. The topological polar surface area (TPSA) is 50.6 Å². The van der Waals surface area contributed by atoms with Gasteiger partial charge in [-0.05, 0) is 25.7 Å². The maximum Gasteiger partial charge on any atom is 0.320 e. The van der Waals surface area contributed by atoms with Crippen LogP contribution < -0.4 is 0 Å². The molecule has 2 aliphatic rings. The summed E-state index contributed by atoms with van der Waals surface area (Å²) in [6.07, 6.45) is 8.31. The zero-order valence-corrected chi connectivity index (χ0v) is 13.4. The average molecular weight is 306 g/mol. The highest BCUT2D eigenvalue weighted by Gasteiger charge is 2.30. The summed E-state index contributed by atoms with van der Waals surface area (Å²) in [7, 11) is 1.72. The van der Waals surface area contributed by atoms with E-state index in [-0.39, 0.29) is 6.03 Å². The molecule has 0 bridgehead atoms. The van der Waals surface area contributed by atoms with Crippen LogP contribution in [0.15, 0.2) is 12.4 Å². The number of carbonyl (C=O) groups is 1. The molecule has 0 aromatic carbocycles. The van der Waals surface area contributed by atoms with Gasteiger partial charge in [0.2, 0.25) is 0 Å². The fraction of sp³-hybridized carbons (Fsp3) is 0.750. The summed E-state index contributed by atoms with van der Waals surface area (Å²) in [6.45, 7) is 5.02. The van der Waals surface area contributed by atoms with Gasteiger partial charge >= 0.3 is 6.03 Å². The number of imidazole rings is 1. The van der Waals surface area contributed by atoms with E-state index in [4.69, 9.17) is 4.74 Å². The highest BCUT2D eigenvalue weighted by atomic mass is 16.5. The maximum absolute atomic E-state index is 12.6. The van der Waals surface area contributed by atoms with Crippen molar-refractivity contribution in [3.63, 3.8) is 0 Å². The second kappa shape index (κ2) is 7.13. The molecule has 0 spiro atoms. The fourth-order valence-electron chi connectivity index (χ4n) is 3.53. The molecule has 1 aromatic rings. The quantitative estimate of drug-likeness (QED) is 0.854. The number of carbonyl (C=O) groups excluding carboxylic acids is 1. The number of likely N-dealkylation sites (tertiary alicyclic amines) is 2. The Labute approximate surface area is 132 Å². The number of methoxy groups -OCH3 is 1. The van der Waals surface area contributed by atoms with Crippen molar-refractivity contribution < 1.29 is 9.53 Å². The van der Waals surface area contributed by atoms with Crippen molar-refractivity contribution >= 4 is 6.03 Å². The van der Waals surface area contributed by atoms with Crippen LogP contribution in [0.5, 0.6) is 0 Å². The van der Waals surface area contributed by atoms with Gasteiger partial charge in [0.25, 0.3) is 0 Å². The number of hydrogen-bond donors (Lipinski definition) is 0. The van der Waals surface area contributed by atoms with Gasteiger partial charge in [0, 0.05) is 58.1 Å². The first-order chi connectivity index (χ1) is 10.8. The van der Waals surface area contributed by atoms with Crippen molar-refractivity contribution in [3.05, 3.63) is 18.2 Å². The molecule has 3 rings (SSSR count). The van der Waals surface area contributed by atoms with Crippen LogP contribution >= 0.6 is 0 Å². The summed E-state index contributed by atoms with van der Waals surface area (Å²) in [4.78, 5) is 21.1. The molecular formula is C16H26N4O2. The highest BCUT2D eigenvalue weighted by molar-refractivity contribution is 5.74. The van der Waals surface area contributed by atoms with Gasteiger partial charge in [-0.15, -0.1) is 0 Å². The van der Waals surface area contributed by atoms with Crippen molar-refractivity contribution in [2.75, 3.05) is 39.9 Å². The van der Waals surface area contributed by atoms with E-state index < -0.39 is 0 Å². The first kappa shape index (κ1) is 15.3. The van der Waals surface area contributed by atoms with Crippen LogP contribution in [-0.4, -0.2) is 65.3 Å². The van der Waals surface area contributed by atoms with Crippen LogP contribution in [0.2, 0.25) is 0 Å². The number of hydrogen-bond acceptors (Lipinski definition) is 3. The van der Waals surface area contributed by atoms with E-state index in [9.17, 15) is 4.79 Å². The average Bonchev–Trinajstić information content (AvgIpc) is 3.23. The van der Waals surface area contributed by atoms with Crippen molar-refractivity contribution in [3.8, 4) is 0 Å². The summed E-state index contributed by atoms with van der Waals surface area (Å²) in [6, 6.07) is 0.220. The molecule has 2 aliphatic heterocycles. The molecule has 2 fully saturated rings. The Balaban J connectivity index is 1.65. The molecule has 2 saturated heterocycles. The zero-order valence-electron chi connectivity index (χ0n) is 13.4. The molecule has 6 heteroatoms. The Morgan fingerprint density at radius 2 is 2.05 bits per heavy atom. The summed E-state index contributed by atoms with van der Waals surface area (Å²) in [5, 5.41) is 0. The predicted molar refractivity (Wildman–Crippen MR) is 83.9 cm³/mol. The van der Waals surface area contributed by atoms with Gasteiger partial charge < -0.3 is 19.1 Å². The lowest BCUT2D eigenvalue weighted by Gasteiger charge is -2.35. The Morgan fingerprint density at radius 3 is 2.82 bits per heavy atom. The predicted octanol–water partition coefficient (Wildman–Crippen LogP) is 1.92. The third kappa shape index (κ3) is 3.27. The number of aromatic nitrogens is 2. The molecule has 0 aliphatic carbocycles. The SMILES string of the molecule is COCCn1ccnc1[C@H]1CCCN(C(=O)N2CCCC2)C1. The van der Waals surface area contributed by atoms with Crippen LogP contribution in [0.25, 0.3) is 0 Å². The van der Waals surface area contributed by atoms with Crippen molar-refractivity contribution in [2.45, 2.75) is 38.1 Å². The molecule has 22 heavy (non-hydrogen) atoms. The maximum atomic E-state index is 12.6. The standard InChI is InChI=1S/C16H26N4O2/c1-22-12-11-18-10-6-17-15(18)14-5-4-9-20(13-14)16(21)19-7-2-3-8-19/h6,10,14H,2-5,7-9,11-13H2,1H3/t14-/m0/s1. The lowest BCUT2D eigenvalue weighted by Crippen LogP contribution is -2.46. The Morgan fingerprint density at radius 1 is 1.27 bits per heavy atom. The lowest BCUT2D eigenvalue weighted by atomic mass is 9.97. The van der Waals surface area contributed by atoms with E-state index in [0.29, 0.717) is 12.5 Å². The molecule has 0 unspecified atom stereocenters. The van der Waals surface area contributed by atoms with Crippen LogP contribution in [0.1, 0.15) is 37.4 Å². The second-order valence-corrected chi connectivity index (χ2v) is 6.23. The van der Waals surface area contributed by atoms with E-state index in [0.717, 1.165) is 64.2 Å². The largest absolute Gasteiger partial charge is 0.383 e. The van der Waals surface area contributed by atoms with Gasteiger partial charge in [-0.3, -0.25) is 0 Å². The first-order valence-electron chi connectivity index (χ1n) is 8.33. The second-order valence-electron chi connectivity index (χ2n) is 6.23. The number of ether oxygens (including phenoxy) is 1. The van der Waals surface area contributed by atoms with E-state index in [1.165, 1.54) is 0 Å². The molecular weight excluding hydrogens is 280 g/mol. The molecule has 2 amide bonds. The monoisotopic (exact) mass is 306 g/mol. The molecule has 0 saturated carbocycles. The normalized spacial score (nSPS) is 22.3. The summed E-state index contributed by atoms with van der Waals surface area (Å²) in [5.41, 5.74) is 0. The van der Waals surface area contributed by atoms with Gasteiger partial charge in [0.1, 0.15) is 5.82 Å². The molecule has 0 radical (unpaired) electrons. The molecule has 1 atom stereocenters. The van der Waals surface area contributed by atoms with Crippen LogP contribution in [0.3, 0.4) is 0 Å². The number of nitrogens with zero attached hydrogens (tertiary/aromatic N) is 4. The van der Waals surface area contributed by atoms with Crippen molar-refractivity contribution in [1.82, 2.24) is 19.4 Å². The Hall–Kier alpha value is -1.56. The first-order valence-corrected chi connectivity index (χ1v) is 8.33. The van der Waals surface area contributed by atoms with E-state index >= 15 is 0 Å². The van der Waals surface area contributed by atoms with Crippen molar-refractivity contribution in [1.29, 1.82) is 0 Å². The number of amides is 2. The van der Waals surface area contributed by atoms with E-state index in [1.807, 2.05) is 22.2 Å². The fourth-order valence-corrected chi connectivity index (χ4v) is 3.53. The number of piperidine rings is 1. The van der Waals surface area contributed by atoms with Gasteiger partial charge in [0.15, 0.2) is 0 Å². The van der Waals surface area contributed by atoms with Gasteiger partial charge in [-0.25, -0.2) is 9.78 Å². The Kier molecular flexibility index (Phi) is 4.97. The molecule has 3 heterocycles. The minimum atomic E-state index is 0.220. The molecule has 1 aromatic heterocycles. The summed E-state index contributed by atoms with van der Waals surface area (Å²) < 4.78 is 7.33.